The lowest BCUT2D eigenvalue weighted by molar-refractivity contribution is 0.0953. The zero-order valence-corrected chi connectivity index (χ0v) is 11.2. The lowest BCUT2D eigenvalue weighted by atomic mass is 10.1. The van der Waals surface area contributed by atoms with Crippen LogP contribution in [0, 0.1) is 6.92 Å². The number of hydrogen-bond donors (Lipinski definition) is 1. The molecule has 2 aromatic rings. The Kier molecular flexibility index (Phi) is 3.88. The van der Waals surface area contributed by atoms with Crippen molar-refractivity contribution in [3.63, 3.8) is 0 Å². The second-order valence-electron chi connectivity index (χ2n) is 3.21. The third kappa shape index (κ3) is 2.91. The van der Waals surface area contributed by atoms with Gasteiger partial charge in [0.25, 0.3) is 5.91 Å². The molecule has 1 N–H and O–H groups in total. The quantitative estimate of drug-likeness (QED) is 0.680. The van der Waals surface area contributed by atoms with Gasteiger partial charge in [0.2, 0.25) is 0 Å². The number of nitrogens with zero attached hydrogens (tertiary/aromatic N) is 2. The van der Waals surface area contributed by atoms with Crippen molar-refractivity contribution < 1.29 is 4.79 Å². The minimum atomic E-state index is -0.252. The number of hydrogen-bond acceptors (Lipinski definition) is 5. The molecule has 0 spiro atoms. The fourth-order valence-corrected chi connectivity index (χ4v) is 3.15. The molecule has 4 nitrogen and oxygen atoms in total. The predicted octanol–water partition coefficient (Wildman–Crippen LogP) is 2.41. The molecule has 0 radical (unpaired) electrons. The minimum absolute atomic E-state index is 0.252. The summed E-state index contributed by atoms with van der Waals surface area (Å²) in [5.41, 5.74) is 3.96. The molecule has 0 saturated carbocycles. The van der Waals surface area contributed by atoms with Crippen molar-refractivity contribution in [2.75, 3.05) is 0 Å². The molecule has 0 atom stereocenters. The number of amides is 1. The fraction of sp³-hybridized carbons (Fsp3) is 0.100. The summed E-state index contributed by atoms with van der Waals surface area (Å²) in [5, 5.41) is 4.23. The van der Waals surface area contributed by atoms with Gasteiger partial charge in [-0.25, -0.2) is 5.43 Å². The van der Waals surface area contributed by atoms with Crippen LogP contribution in [0.15, 0.2) is 29.4 Å². The van der Waals surface area contributed by atoms with Crippen LogP contribution in [0.3, 0.4) is 0 Å². The van der Waals surface area contributed by atoms with E-state index in [1.54, 1.807) is 6.07 Å². The number of aromatic nitrogens is 1. The number of rotatable bonds is 2. The van der Waals surface area contributed by atoms with Crippen LogP contribution in [-0.4, -0.2) is 10.3 Å². The zero-order valence-electron chi connectivity index (χ0n) is 8.81. The molecule has 0 unspecified atom stereocenters. The van der Waals surface area contributed by atoms with Crippen molar-refractivity contribution in [2.45, 2.75) is 6.92 Å². The average molecular weight is 286 g/mol. The van der Waals surface area contributed by atoms with E-state index in [0.717, 1.165) is 5.56 Å². The van der Waals surface area contributed by atoms with Crippen LogP contribution < -0.4 is 10.1 Å². The van der Waals surface area contributed by atoms with Gasteiger partial charge in [-0.05, 0) is 28.9 Å². The van der Waals surface area contributed by atoms with Crippen LogP contribution in [0.4, 0.5) is 0 Å². The normalized spacial score (nSPS) is 11.5. The first-order chi connectivity index (χ1) is 8.18. The zero-order chi connectivity index (χ0) is 12.3. The maximum Gasteiger partial charge on any atom is 0.271 e. The summed E-state index contributed by atoms with van der Waals surface area (Å²) in [5.74, 6) is -0.252. The summed E-state index contributed by atoms with van der Waals surface area (Å²) in [7, 11) is 2.54. The van der Waals surface area contributed by atoms with Gasteiger partial charge in [-0.3, -0.25) is 4.79 Å². The van der Waals surface area contributed by atoms with E-state index in [1.807, 2.05) is 25.1 Å². The monoisotopic (exact) mass is 285 g/mol. The van der Waals surface area contributed by atoms with E-state index in [-0.39, 0.29) is 5.91 Å². The maximum absolute atomic E-state index is 11.8. The first-order valence-corrected chi connectivity index (χ1v) is 7.18. The van der Waals surface area contributed by atoms with Gasteiger partial charge in [-0.2, -0.15) is 9.47 Å². The maximum atomic E-state index is 11.8. The van der Waals surface area contributed by atoms with Crippen molar-refractivity contribution in [1.29, 1.82) is 0 Å². The molecule has 17 heavy (non-hydrogen) atoms. The van der Waals surface area contributed by atoms with Gasteiger partial charge in [0, 0.05) is 16.1 Å². The lowest BCUT2D eigenvalue weighted by Gasteiger charge is -2.02. The van der Waals surface area contributed by atoms with E-state index in [4.69, 9.17) is 11.6 Å². The summed E-state index contributed by atoms with van der Waals surface area (Å²) in [6.45, 7) is 1.87. The number of aryl methyl sites for hydroxylation is 1. The Bertz CT molecular complexity index is 605. The van der Waals surface area contributed by atoms with E-state index in [9.17, 15) is 4.79 Å². The number of nitrogens with one attached hydrogen (secondary N) is 1. The van der Waals surface area contributed by atoms with Gasteiger partial charge in [-0.15, -0.1) is 0 Å². The van der Waals surface area contributed by atoms with Crippen molar-refractivity contribution in [3.8, 4) is 0 Å². The van der Waals surface area contributed by atoms with Crippen LogP contribution in [0.1, 0.15) is 15.9 Å². The predicted molar refractivity (Wildman–Crippen MR) is 69.2 cm³/mol. The number of halogens is 1. The molecular weight excluding hydrogens is 278 g/mol. The van der Waals surface area contributed by atoms with E-state index < -0.39 is 0 Å². The lowest BCUT2D eigenvalue weighted by Crippen LogP contribution is -2.21. The molecule has 0 aliphatic heterocycles. The number of benzene rings is 1. The molecule has 1 aromatic heterocycles. The molecule has 88 valence electrons. The van der Waals surface area contributed by atoms with E-state index in [2.05, 4.69) is 14.9 Å². The standard InChI is InChI=1S/C10H8ClN3OS2/c1-6-4-2-3-5-7(6)9(15)12-13-10-8(11)14-17-16-10/h2-5H,1H3,(H,12,15). The molecule has 7 heteroatoms. The van der Waals surface area contributed by atoms with Crippen molar-refractivity contribution >= 4 is 38.4 Å². The Labute approximate surface area is 110 Å². The molecule has 0 bridgehead atoms. The number of carbonyl (C=O) groups excluding carboxylic acids is 1. The summed E-state index contributed by atoms with van der Waals surface area (Å²) in [4.78, 5) is 11.8. The van der Waals surface area contributed by atoms with Crippen LogP contribution in [-0.2, 0) is 0 Å². The van der Waals surface area contributed by atoms with Crippen LogP contribution in [0.5, 0.6) is 0 Å². The van der Waals surface area contributed by atoms with Crippen molar-refractivity contribution in [2.24, 2.45) is 5.10 Å². The third-order valence-corrected chi connectivity index (χ3v) is 4.23. The molecule has 2 rings (SSSR count). The van der Waals surface area contributed by atoms with Gasteiger partial charge >= 0.3 is 0 Å². The van der Waals surface area contributed by atoms with Crippen LogP contribution >= 0.6 is 32.5 Å². The topological polar surface area (TPSA) is 54.4 Å². The van der Waals surface area contributed by atoms with Crippen molar-refractivity contribution in [3.05, 3.63) is 45.2 Å². The second kappa shape index (κ2) is 5.39. The van der Waals surface area contributed by atoms with Gasteiger partial charge < -0.3 is 0 Å². The van der Waals surface area contributed by atoms with E-state index in [1.165, 1.54) is 20.9 Å². The highest BCUT2D eigenvalue weighted by Crippen LogP contribution is 2.07. The molecule has 0 aliphatic rings. The molecule has 0 saturated heterocycles. The highest BCUT2D eigenvalue weighted by Gasteiger charge is 2.07. The summed E-state index contributed by atoms with van der Waals surface area (Å²) in [6, 6.07) is 7.31. The largest absolute Gasteiger partial charge is 0.271 e. The molecule has 1 aromatic carbocycles. The highest BCUT2D eigenvalue weighted by molar-refractivity contribution is 7.66. The SMILES string of the molecule is Cc1ccccc1C(=O)NN=c1ssnc1Cl. The molecule has 0 aliphatic carbocycles. The van der Waals surface area contributed by atoms with Crippen molar-refractivity contribution in [1.82, 2.24) is 9.80 Å². The molecular formula is C10H8ClN3OS2. The molecule has 1 amide bonds. The highest BCUT2D eigenvalue weighted by atomic mass is 35.5. The van der Waals surface area contributed by atoms with Crippen LogP contribution in [0.2, 0.25) is 5.15 Å². The Morgan fingerprint density at radius 2 is 2.24 bits per heavy atom. The second-order valence-corrected chi connectivity index (χ2v) is 5.40. The van der Waals surface area contributed by atoms with Gasteiger partial charge in [-0.1, -0.05) is 29.8 Å². The summed E-state index contributed by atoms with van der Waals surface area (Å²) < 4.78 is 4.38. The Hall–Kier alpha value is -1.24. The van der Waals surface area contributed by atoms with Gasteiger partial charge in [0.05, 0.1) is 0 Å². The van der Waals surface area contributed by atoms with Gasteiger partial charge in [0.15, 0.2) is 9.82 Å². The summed E-state index contributed by atoms with van der Waals surface area (Å²) in [6.07, 6.45) is 0. The van der Waals surface area contributed by atoms with E-state index >= 15 is 0 Å². The third-order valence-electron chi connectivity index (χ3n) is 2.06. The molecule has 1 heterocycles. The van der Waals surface area contributed by atoms with Gasteiger partial charge in [0.1, 0.15) is 0 Å². The Morgan fingerprint density at radius 1 is 1.47 bits per heavy atom. The first-order valence-electron chi connectivity index (χ1n) is 4.69. The smallest absolute Gasteiger partial charge is 0.267 e. The average Bonchev–Trinajstić information content (AvgIpc) is 2.72. The fourth-order valence-electron chi connectivity index (χ4n) is 1.21. The van der Waals surface area contributed by atoms with Crippen LogP contribution in [0.25, 0.3) is 0 Å². The summed E-state index contributed by atoms with van der Waals surface area (Å²) >= 11 is 5.77. The Morgan fingerprint density at radius 3 is 2.88 bits per heavy atom. The van der Waals surface area contributed by atoms with E-state index in [0.29, 0.717) is 15.4 Å². The first kappa shape index (κ1) is 12.2. The Balaban J connectivity index is 2.19. The number of carbonyl (C=O) groups is 1. The minimum Gasteiger partial charge on any atom is -0.267 e. The molecule has 0 fully saturated rings.